The van der Waals surface area contributed by atoms with Crippen LogP contribution in [-0.2, 0) is 9.59 Å². The van der Waals surface area contributed by atoms with E-state index >= 15 is 0 Å². The molecule has 1 aliphatic heterocycles. The molecule has 0 aromatic heterocycles. The Hall–Kier alpha value is -3.58. The Kier molecular flexibility index (Phi) is 9.92. The molecule has 198 valence electrons. The van der Waals surface area contributed by atoms with Crippen LogP contribution in [0.5, 0.6) is 11.5 Å². The van der Waals surface area contributed by atoms with Crippen molar-refractivity contribution in [2.45, 2.75) is 46.3 Å². The van der Waals surface area contributed by atoms with Crippen molar-refractivity contribution in [1.29, 1.82) is 0 Å². The summed E-state index contributed by atoms with van der Waals surface area (Å²) < 4.78 is 11.4. The second kappa shape index (κ2) is 13.1. The molecule has 0 saturated carbocycles. The number of ketones is 1. The summed E-state index contributed by atoms with van der Waals surface area (Å²) in [7, 11) is 0. The number of nitrogens with zero attached hydrogens (tertiary/aromatic N) is 2. The number of aliphatic hydroxyl groups excluding tert-OH is 1. The molecule has 1 atom stereocenters. The third-order valence-electron chi connectivity index (χ3n) is 6.35. The van der Waals surface area contributed by atoms with Gasteiger partial charge in [0.2, 0.25) is 0 Å². The third kappa shape index (κ3) is 6.80. The fraction of sp³-hybridized carbons (Fsp3) is 0.400. The Labute approximate surface area is 220 Å². The second-order valence-electron chi connectivity index (χ2n) is 9.24. The smallest absolute Gasteiger partial charge is 0.295 e. The van der Waals surface area contributed by atoms with Gasteiger partial charge in [-0.15, -0.1) is 0 Å². The fourth-order valence-electron chi connectivity index (χ4n) is 4.51. The predicted octanol–water partition coefficient (Wildman–Crippen LogP) is 5.19. The fourth-order valence-corrected chi connectivity index (χ4v) is 4.51. The number of aliphatic hydroxyl groups is 1. The van der Waals surface area contributed by atoms with Crippen molar-refractivity contribution < 1.29 is 24.2 Å². The number of hydrogen-bond acceptors (Lipinski definition) is 6. The first-order chi connectivity index (χ1) is 17.8. The van der Waals surface area contributed by atoms with Crippen molar-refractivity contribution >= 4 is 17.4 Å². The molecule has 1 N–H and O–H groups in total. The second-order valence-corrected chi connectivity index (χ2v) is 9.24. The Morgan fingerprint density at radius 1 is 1.11 bits per heavy atom. The van der Waals surface area contributed by atoms with Crippen molar-refractivity contribution in [2.24, 2.45) is 0 Å². The van der Waals surface area contributed by atoms with Crippen LogP contribution in [0.25, 0.3) is 5.76 Å². The SMILES string of the molecule is C=CCOc1cccc([C@@H]2C(=C(O)c3ccc(OC(C)C)cc3)C(=O)C(=O)N2CCCN(CC)CC)c1. The first kappa shape index (κ1) is 28.0. The van der Waals surface area contributed by atoms with Gasteiger partial charge in [-0.2, -0.15) is 0 Å². The quantitative estimate of drug-likeness (QED) is 0.174. The molecular weight excluding hydrogens is 468 g/mol. The van der Waals surface area contributed by atoms with Crippen molar-refractivity contribution in [3.8, 4) is 11.5 Å². The molecule has 3 rings (SSSR count). The van der Waals surface area contributed by atoms with Gasteiger partial charge in [-0.05, 0) is 81.9 Å². The van der Waals surface area contributed by atoms with Gasteiger partial charge in [0.15, 0.2) is 0 Å². The maximum Gasteiger partial charge on any atom is 0.295 e. The zero-order valence-corrected chi connectivity index (χ0v) is 22.3. The highest BCUT2D eigenvalue weighted by Crippen LogP contribution is 2.40. The summed E-state index contributed by atoms with van der Waals surface area (Å²) in [5.74, 6) is -0.245. The summed E-state index contributed by atoms with van der Waals surface area (Å²) in [6, 6.07) is 13.4. The maximum absolute atomic E-state index is 13.3. The molecular formula is C30H38N2O5. The van der Waals surface area contributed by atoms with E-state index in [-0.39, 0.29) is 17.4 Å². The van der Waals surface area contributed by atoms with Gasteiger partial charge in [-0.25, -0.2) is 0 Å². The van der Waals surface area contributed by atoms with Crippen LogP contribution in [0, 0.1) is 0 Å². The van der Waals surface area contributed by atoms with Gasteiger partial charge in [-0.1, -0.05) is 38.6 Å². The molecule has 0 unspecified atom stereocenters. The van der Waals surface area contributed by atoms with Crippen molar-refractivity contribution in [3.05, 3.63) is 77.9 Å². The average molecular weight is 507 g/mol. The largest absolute Gasteiger partial charge is 0.507 e. The number of carbonyl (C=O) groups excluding carboxylic acids is 2. The molecule has 1 aliphatic rings. The van der Waals surface area contributed by atoms with E-state index in [9.17, 15) is 14.7 Å². The van der Waals surface area contributed by atoms with Crippen LogP contribution in [0.1, 0.15) is 51.3 Å². The highest BCUT2D eigenvalue weighted by molar-refractivity contribution is 6.46. The molecule has 1 fully saturated rings. The third-order valence-corrected chi connectivity index (χ3v) is 6.35. The molecule has 0 aliphatic carbocycles. The number of Topliss-reactive ketones (excluding diaryl/α,β-unsaturated/α-hetero) is 1. The Morgan fingerprint density at radius 2 is 1.81 bits per heavy atom. The van der Waals surface area contributed by atoms with Crippen LogP contribution in [-0.4, -0.2) is 65.5 Å². The monoisotopic (exact) mass is 506 g/mol. The molecule has 0 bridgehead atoms. The molecule has 7 nitrogen and oxygen atoms in total. The van der Waals surface area contributed by atoms with Crippen LogP contribution < -0.4 is 9.47 Å². The van der Waals surface area contributed by atoms with Crippen LogP contribution >= 0.6 is 0 Å². The number of ether oxygens (including phenoxy) is 2. The van der Waals surface area contributed by atoms with Crippen LogP contribution in [0.4, 0.5) is 0 Å². The number of likely N-dealkylation sites (tertiary alicyclic amines) is 1. The first-order valence-electron chi connectivity index (χ1n) is 12.9. The summed E-state index contributed by atoms with van der Waals surface area (Å²) in [6.07, 6.45) is 2.37. The average Bonchev–Trinajstić information content (AvgIpc) is 3.15. The van der Waals surface area contributed by atoms with E-state index in [1.807, 2.05) is 38.1 Å². The minimum atomic E-state index is -0.726. The van der Waals surface area contributed by atoms with Crippen molar-refractivity contribution in [1.82, 2.24) is 9.80 Å². The topological polar surface area (TPSA) is 79.3 Å². The van der Waals surface area contributed by atoms with E-state index < -0.39 is 17.7 Å². The Balaban J connectivity index is 2.02. The molecule has 2 aromatic rings. The highest BCUT2D eigenvalue weighted by Gasteiger charge is 2.45. The lowest BCUT2D eigenvalue weighted by molar-refractivity contribution is -0.140. The van der Waals surface area contributed by atoms with Gasteiger partial charge in [0, 0.05) is 12.1 Å². The lowest BCUT2D eigenvalue weighted by Crippen LogP contribution is -2.33. The molecule has 1 heterocycles. The summed E-state index contributed by atoms with van der Waals surface area (Å²) >= 11 is 0. The molecule has 7 heteroatoms. The molecule has 2 aromatic carbocycles. The van der Waals surface area contributed by atoms with Gasteiger partial charge in [0.05, 0.1) is 17.7 Å². The highest BCUT2D eigenvalue weighted by atomic mass is 16.5. The van der Waals surface area contributed by atoms with E-state index in [0.717, 1.165) is 19.6 Å². The van der Waals surface area contributed by atoms with Gasteiger partial charge >= 0.3 is 0 Å². The summed E-state index contributed by atoms with van der Waals surface area (Å²) in [5, 5.41) is 11.3. The molecule has 37 heavy (non-hydrogen) atoms. The lowest BCUT2D eigenvalue weighted by atomic mass is 9.95. The van der Waals surface area contributed by atoms with Crippen molar-refractivity contribution in [3.63, 3.8) is 0 Å². The van der Waals surface area contributed by atoms with E-state index in [0.29, 0.717) is 42.2 Å². The Morgan fingerprint density at radius 3 is 2.43 bits per heavy atom. The van der Waals surface area contributed by atoms with E-state index in [1.165, 1.54) is 0 Å². The summed E-state index contributed by atoms with van der Waals surface area (Å²) in [6.45, 7) is 15.1. The first-order valence-corrected chi connectivity index (χ1v) is 12.9. The summed E-state index contributed by atoms with van der Waals surface area (Å²) in [4.78, 5) is 30.4. The standard InChI is InChI=1S/C30H38N2O5/c1-6-19-36-25-12-9-11-23(20-25)27-26(28(33)22-13-15-24(16-14-22)37-21(4)5)29(34)30(35)32(27)18-10-17-31(7-2)8-3/h6,9,11-16,20-21,27,33H,1,7-8,10,17-19H2,2-5H3/t27-/m1/s1. The zero-order valence-electron chi connectivity index (χ0n) is 22.3. The summed E-state index contributed by atoms with van der Waals surface area (Å²) in [5.41, 5.74) is 1.22. The van der Waals surface area contributed by atoms with Gasteiger partial charge in [0.1, 0.15) is 23.9 Å². The Bertz CT molecular complexity index is 1120. The number of benzene rings is 2. The zero-order chi connectivity index (χ0) is 26.9. The molecule has 0 spiro atoms. The minimum absolute atomic E-state index is 0.0108. The van der Waals surface area contributed by atoms with E-state index in [2.05, 4.69) is 25.3 Å². The van der Waals surface area contributed by atoms with E-state index in [1.54, 1.807) is 35.2 Å². The van der Waals surface area contributed by atoms with Gasteiger partial charge in [0.25, 0.3) is 11.7 Å². The minimum Gasteiger partial charge on any atom is -0.507 e. The predicted molar refractivity (Wildman–Crippen MR) is 146 cm³/mol. The number of rotatable bonds is 13. The molecule has 1 amide bonds. The lowest BCUT2D eigenvalue weighted by Gasteiger charge is -2.27. The van der Waals surface area contributed by atoms with Crippen molar-refractivity contribution in [2.75, 3.05) is 32.8 Å². The molecule has 1 saturated heterocycles. The van der Waals surface area contributed by atoms with Gasteiger partial charge in [-0.3, -0.25) is 9.59 Å². The number of amides is 1. The number of carbonyl (C=O) groups is 2. The number of hydrogen-bond donors (Lipinski definition) is 1. The molecule has 0 radical (unpaired) electrons. The van der Waals surface area contributed by atoms with Gasteiger partial charge < -0.3 is 24.4 Å². The van der Waals surface area contributed by atoms with Crippen LogP contribution in [0.15, 0.2) is 66.8 Å². The maximum atomic E-state index is 13.3. The van der Waals surface area contributed by atoms with Crippen LogP contribution in [0.2, 0.25) is 0 Å². The normalized spacial score (nSPS) is 17.0. The van der Waals surface area contributed by atoms with E-state index in [4.69, 9.17) is 9.47 Å². The van der Waals surface area contributed by atoms with Crippen LogP contribution in [0.3, 0.4) is 0 Å².